The minimum atomic E-state index is -4.31. The predicted molar refractivity (Wildman–Crippen MR) is 137 cm³/mol. The molecule has 0 saturated heterocycles. The van der Waals surface area contributed by atoms with Crippen LogP contribution in [0.1, 0.15) is 27.9 Å². The van der Waals surface area contributed by atoms with E-state index >= 15 is 0 Å². The molecule has 4 aromatic rings. The lowest BCUT2D eigenvalue weighted by atomic mass is 10.1. The number of carbonyl (C=O) groups is 2. The number of amides is 1. The highest BCUT2D eigenvalue weighted by Gasteiger charge is 2.34. The number of nitrogens with one attached hydrogen (secondary N) is 1. The van der Waals surface area contributed by atoms with Crippen LogP contribution in [0.15, 0.2) is 76.4 Å². The average molecular weight is 521 g/mol. The number of anilines is 1. The molecular formula is C26H24N4O6S. The van der Waals surface area contributed by atoms with Crippen LogP contribution in [0.3, 0.4) is 0 Å². The van der Waals surface area contributed by atoms with Crippen molar-refractivity contribution in [2.24, 2.45) is 0 Å². The summed E-state index contributed by atoms with van der Waals surface area (Å²) in [5.74, 6) is -1.91. The van der Waals surface area contributed by atoms with Crippen LogP contribution in [-0.2, 0) is 21.2 Å². The van der Waals surface area contributed by atoms with Crippen LogP contribution >= 0.6 is 0 Å². The molecule has 1 unspecified atom stereocenters. The molecule has 10 nitrogen and oxygen atoms in total. The second kappa shape index (κ2) is 10.3. The first-order valence-corrected chi connectivity index (χ1v) is 12.9. The summed E-state index contributed by atoms with van der Waals surface area (Å²) in [5.41, 5.74) is 2.51. The fourth-order valence-corrected chi connectivity index (χ4v) is 5.37. The maximum Gasteiger partial charge on any atom is 0.322 e. The summed E-state index contributed by atoms with van der Waals surface area (Å²) in [4.78, 5) is 36.9. The summed E-state index contributed by atoms with van der Waals surface area (Å²) in [5, 5.41) is 18.7. The molecule has 2 N–H and O–H groups in total. The Labute approximate surface area is 212 Å². The first-order valence-electron chi connectivity index (χ1n) is 11.4. The first-order chi connectivity index (χ1) is 17.6. The Morgan fingerprint density at radius 1 is 1.00 bits per heavy atom. The van der Waals surface area contributed by atoms with Gasteiger partial charge in [0.1, 0.15) is 5.52 Å². The zero-order valence-electron chi connectivity index (χ0n) is 20.1. The number of benzene rings is 3. The third-order valence-electron chi connectivity index (χ3n) is 5.96. The van der Waals surface area contributed by atoms with Gasteiger partial charge in [-0.05, 0) is 68.3 Å². The molecule has 0 radical (unpaired) electrons. The summed E-state index contributed by atoms with van der Waals surface area (Å²) >= 11 is 0. The van der Waals surface area contributed by atoms with E-state index in [1.54, 1.807) is 49.4 Å². The summed E-state index contributed by atoms with van der Waals surface area (Å²) in [7, 11) is -4.31. The van der Waals surface area contributed by atoms with Crippen molar-refractivity contribution in [2.75, 3.05) is 5.32 Å². The van der Waals surface area contributed by atoms with Crippen molar-refractivity contribution < 1.29 is 23.1 Å². The number of carboxylic acids is 1. The molecule has 1 amide bonds. The van der Waals surface area contributed by atoms with E-state index in [9.17, 15) is 27.9 Å². The highest BCUT2D eigenvalue weighted by molar-refractivity contribution is 7.92. The molecule has 1 aromatic heterocycles. The summed E-state index contributed by atoms with van der Waals surface area (Å²) < 4.78 is 27.2. The zero-order chi connectivity index (χ0) is 26.7. The van der Waals surface area contributed by atoms with Gasteiger partial charge in [-0.3, -0.25) is 14.4 Å². The summed E-state index contributed by atoms with van der Waals surface area (Å²) in [6, 6.07) is 17.3. The molecule has 1 atom stereocenters. The number of fused-ring (bicyclic) bond motifs is 1. The number of aryl methyl sites for hydroxylation is 3. The number of aliphatic carboxylic acids is 1. The van der Waals surface area contributed by atoms with Crippen molar-refractivity contribution >= 4 is 38.3 Å². The number of carbonyl (C=O) groups excluding carboxylic acids is 1. The molecule has 3 aromatic carbocycles. The fraction of sp³-hybridized carbons (Fsp3) is 0.192. The molecule has 0 aliphatic rings. The molecule has 11 heteroatoms. The average Bonchev–Trinajstić information content (AvgIpc) is 2.86. The van der Waals surface area contributed by atoms with Crippen molar-refractivity contribution in [1.29, 1.82) is 0 Å². The number of sulfone groups is 1. The predicted octanol–water partition coefficient (Wildman–Crippen LogP) is 2.98. The Morgan fingerprint density at radius 2 is 1.68 bits per heavy atom. The second-order valence-electron chi connectivity index (χ2n) is 8.59. The minimum Gasteiger partial charge on any atom is -0.480 e. The van der Waals surface area contributed by atoms with Crippen LogP contribution < -0.4 is 10.9 Å². The van der Waals surface area contributed by atoms with Crippen LogP contribution in [0.25, 0.3) is 10.9 Å². The fourth-order valence-electron chi connectivity index (χ4n) is 3.84. The molecule has 1 heterocycles. The molecular weight excluding hydrogens is 496 g/mol. The SMILES string of the molecule is Cc1ccc(C(=O)Nc2ccc(S(=O)(=O)C(CCn3nnc4c(C)cccc4c3=O)C(=O)O)cc2)cc1. The van der Waals surface area contributed by atoms with Crippen molar-refractivity contribution in [3.05, 3.63) is 93.8 Å². The lowest BCUT2D eigenvalue weighted by Crippen LogP contribution is -2.34. The highest BCUT2D eigenvalue weighted by atomic mass is 32.2. The van der Waals surface area contributed by atoms with E-state index in [4.69, 9.17) is 0 Å². The highest BCUT2D eigenvalue weighted by Crippen LogP contribution is 2.22. The van der Waals surface area contributed by atoms with Crippen LogP contribution in [0.4, 0.5) is 5.69 Å². The first kappa shape index (κ1) is 25.7. The van der Waals surface area contributed by atoms with Crippen molar-refractivity contribution in [1.82, 2.24) is 15.0 Å². The molecule has 37 heavy (non-hydrogen) atoms. The van der Waals surface area contributed by atoms with Crippen molar-refractivity contribution in [3.63, 3.8) is 0 Å². The molecule has 0 fully saturated rings. The largest absolute Gasteiger partial charge is 0.480 e. The van der Waals surface area contributed by atoms with Gasteiger partial charge in [0.15, 0.2) is 15.1 Å². The van der Waals surface area contributed by atoms with Crippen molar-refractivity contribution in [2.45, 2.75) is 37.0 Å². The van der Waals surface area contributed by atoms with Crippen LogP contribution in [0, 0.1) is 13.8 Å². The quantitative estimate of drug-likeness (QED) is 0.360. The number of hydrogen-bond acceptors (Lipinski definition) is 7. The number of nitrogens with zero attached hydrogens (tertiary/aromatic N) is 3. The standard InChI is InChI=1S/C26H24N4O6S/c1-16-6-8-18(9-7-16)24(31)27-19-10-12-20(13-11-19)37(35,36)22(26(33)34)14-15-30-25(32)21-5-3-4-17(2)23(21)28-29-30/h3-13,22H,14-15H2,1-2H3,(H,27,31)(H,33,34). The van der Waals surface area contributed by atoms with Gasteiger partial charge in [0.05, 0.1) is 10.3 Å². The van der Waals surface area contributed by atoms with Gasteiger partial charge in [0.2, 0.25) is 0 Å². The minimum absolute atomic E-state index is 0.221. The van der Waals surface area contributed by atoms with E-state index < -0.39 is 33.0 Å². The molecule has 0 aliphatic carbocycles. The van der Waals surface area contributed by atoms with Gasteiger partial charge >= 0.3 is 5.97 Å². The number of aromatic nitrogens is 3. The van der Waals surface area contributed by atoms with E-state index in [0.29, 0.717) is 22.2 Å². The molecule has 0 spiro atoms. The van der Waals surface area contributed by atoms with E-state index in [-0.39, 0.29) is 17.3 Å². The third kappa shape index (κ3) is 5.41. The number of rotatable bonds is 8. The smallest absolute Gasteiger partial charge is 0.322 e. The van der Waals surface area contributed by atoms with Gasteiger partial charge in [-0.15, -0.1) is 5.10 Å². The Morgan fingerprint density at radius 3 is 2.32 bits per heavy atom. The Hall–Kier alpha value is -4.38. The van der Waals surface area contributed by atoms with E-state index in [2.05, 4.69) is 15.6 Å². The van der Waals surface area contributed by atoms with E-state index in [1.807, 2.05) is 6.92 Å². The maximum atomic E-state index is 13.1. The molecule has 4 rings (SSSR count). The van der Waals surface area contributed by atoms with E-state index in [1.165, 1.54) is 24.3 Å². The lowest BCUT2D eigenvalue weighted by molar-refractivity contribution is -0.136. The Bertz CT molecular complexity index is 1650. The molecule has 0 saturated carbocycles. The lowest BCUT2D eigenvalue weighted by Gasteiger charge is -2.15. The maximum absolute atomic E-state index is 13.1. The Balaban J connectivity index is 1.51. The van der Waals surface area contributed by atoms with Gasteiger partial charge in [-0.25, -0.2) is 13.1 Å². The zero-order valence-corrected chi connectivity index (χ0v) is 20.9. The van der Waals surface area contributed by atoms with Crippen LogP contribution in [-0.4, -0.2) is 45.6 Å². The van der Waals surface area contributed by atoms with Gasteiger partial charge in [-0.2, -0.15) is 0 Å². The molecule has 190 valence electrons. The van der Waals surface area contributed by atoms with Crippen LogP contribution in [0.5, 0.6) is 0 Å². The second-order valence-corrected chi connectivity index (χ2v) is 10.7. The van der Waals surface area contributed by atoms with Gasteiger partial charge in [0.25, 0.3) is 11.5 Å². The topological polar surface area (TPSA) is 148 Å². The van der Waals surface area contributed by atoms with Gasteiger partial charge in [0, 0.05) is 17.8 Å². The van der Waals surface area contributed by atoms with Gasteiger partial charge in [-0.1, -0.05) is 35.0 Å². The van der Waals surface area contributed by atoms with Crippen molar-refractivity contribution in [3.8, 4) is 0 Å². The summed E-state index contributed by atoms with van der Waals surface area (Å²) in [6.07, 6.45) is -0.393. The normalized spacial score (nSPS) is 12.3. The molecule has 0 bridgehead atoms. The molecule has 0 aliphatic heterocycles. The summed E-state index contributed by atoms with van der Waals surface area (Å²) in [6.45, 7) is 3.43. The van der Waals surface area contributed by atoms with E-state index in [0.717, 1.165) is 15.8 Å². The number of hydrogen-bond donors (Lipinski definition) is 2. The van der Waals surface area contributed by atoms with Crippen LogP contribution in [0.2, 0.25) is 0 Å². The Kier molecular flexibility index (Phi) is 7.16. The monoisotopic (exact) mass is 520 g/mol. The third-order valence-corrected chi connectivity index (χ3v) is 8.08. The number of carboxylic acid groups (broad SMARTS) is 1. The van der Waals surface area contributed by atoms with Gasteiger partial charge < -0.3 is 10.4 Å².